The average Bonchev–Trinajstić information content (AvgIpc) is 2.71. The van der Waals surface area contributed by atoms with Crippen LogP contribution in [0.1, 0.15) is 104 Å². The molecule has 160 valence electrons. The predicted octanol–water partition coefficient (Wildman–Crippen LogP) is 8.87. The van der Waals surface area contributed by atoms with E-state index in [0.29, 0.717) is 0 Å². The van der Waals surface area contributed by atoms with Gasteiger partial charge in [0.1, 0.15) is 0 Å². The van der Waals surface area contributed by atoms with Crippen LogP contribution in [-0.2, 0) is 0 Å². The van der Waals surface area contributed by atoms with Crippen LogP contribution < -0.4 is 3.58 Å². The van der Waals surface area contributed by atoms with E-state index in [4.69, 9.17) is 0 Å². The molecule has 0 spiro atoms. The molecule has 0 bridgehead atoms. The molecule has 0 atom stereocenters. The minimum atomic E-state index is -2.67. The van der Waals surface area contributed by atoms with Gasteiger partial charge in [-0.15, -0.1) is 0 Å². The van der Waals surface area contributed by atoms with Crippen LogP contribution in [0.3, 0.4) is 0 Å². The SMILES string of the molecule is CCC/C=C(\CCC)c1ccc(F)c[c]1[Sn]([CH2]CCC)([CH2]CCC)[CH2]CCC. The van der Waals surface area contributed by atoms with Crippen molar-refractivity contribution in [3.8, 4) is 0 Å². The van der Waals surface area contributed by atoms with Gasteiger partial charge in [0.05, 0.1) is 0 Å². The molecule has 0 saturated carbocycles. The van der Waals surface area contributed by atoms with Crippen LogP contribution in [0, 0.1) is 5.82 Å². The van der Waals surface area contributed by atoms with Crippen molar-refractivity contribution >= 4 is 27.5 Å². The molecule has 0 aliphatic rings. The van der Waals surface area contributed by atoms with Gasteiger partial charge in [0.2, 0.25) is 0 Å². The Balaban J connectivity index is 3.56. The molecule has 0 fully saturated rings. The van der Waals surface area contributed by atoms with Gasteiger partial charge < -0.3 is 0 Å². The zero-order chi connectivity index (χ0) is 20.8. The molecule has 28 heavy (non-hydrogen) atoms. The van der Waals surface area contributed by atoms with Crippen molar-refractivity contribution in [2.45, 2.75) is 112 Å². The molecule has 0 radical (unpaired) electrons. The van der Waals surface area contributed by atoms with Gasteiger partial charge in [0, 0.05) is 0 Å². The first-order valence-electron chi connectivity index (χ1n) is 12.1. The van der Waals surface area contributed by atoms with Crippen LogP contribution in [0.25, 0.3) is 5.57 Å². The maximum absolute atomic E-state index is 14.6. The molecule has 0 amide bonds. The van der Waals surface area contributed by atoms with Gasteiger partial charge in [-0.2, -0.15) is 0 Å². The van der Waals surface area contributed by atoms with E-state index in [0.717, 1.165) is 19.3 Å². The third-order valence-electron chi connectivity index (χ3n) is 6.12. The van der Waals surface area contributed by atoms with Crippen molar-refractivity contribution in [2.24, 2.45) is 0 Å². The van der Waals surface area contributed by atoms with E-state index in [1.54, 1.807) is 6.07 Å². The van der Waals surface area contributed by atoms with Gasteiger partial charge in [-0.05, 0) is 0 Å². The molecule has 0 aliphatic heterocycles. The van der Waals surface area contributed by atoms with Crippen LogP contribution in [0.4, 0.5) is 4.39 Å². The molecule has 0 N–H and O–H groups in total. The van der Waals surface area contributed by atoms with E-state index >= 15 is 0 Å². The Morgan fingerprint density at radius 2 is 1.39 bits per heavy atom. The molecule has 2 heteroatoms. The second kappa shape index (κ2) is 14.6. The molecule has 0 unspecified atom stereocenters. The summed E-state index contributed by atoms with van der Waals surface area (Å²) >= 11 is -2.67. The first kappa shape index (κ1) is 25.7. The van der Waals surface area contributed by atoms with Gasteiger partial charge >= 0.3 is 180 Å². The molecule has 0 aromatic heterocycles. The van der Waals surface area contributed by atoms with Crippen LogP contribution in [0.5, 0.6) is 0 Å². The second-order valence-corrected chi connectivity index (χ2v) is 21.7. The van der Waals surface area contributed by atoms with Crippen molar-refractivity contribution in [3.05, 3.63) is 35.7 Å². The van der Waals surface area contributed by atoms with E-state index in [-0.39, 0.29) is 5.82 Å². The maximum atomic E-state index is 14.6. The van der Waals surface area contributed by atoms with Crippen LogP contribution in [0.15, 0.2) is 24.3 Å². The number of allylic oxidation sites excluding steroid dienone is 2. The third kappa shape index (κ3) is 7.84. The van der Waals surface area contributed by atoms with Gasteiger partial charge in [-0.1, -0.05) is 0 Å². The van der Waals surface area contributed by atoms with Crippen molar-refractivity contribution < 1.29 is 4.39 Å². The predicted molar refractivity (Wildman–Crippen MR) is 129 cm³/mol. The van der Waals surface area contributed by atoms with Crippen molar-refractivity contribution in [3.63, 3.8) is 0 Å². The minimum absolute atomic E-state index is 0.0179. The Bertz CT molecular complexity index is 554. The van der Waals surface area contributed by atoms with Gasteiger partial charge in [-0.3, -0.25) is 0 Å². The van der Waals surface area contributed by atoms with Gasteiger partial charge in [-0.25, -0.2) is 0 Å². The Morgan fingerprint density at radius 3 is 1.86 bits per heavy atom. The van der Waals surface area contributed by atoms with E-state index in [1.165, 1.54) is 73.0 Å². The van der Waals surface area contributed by atoms with Gasteiger partial charge in [0.15, 0.2) is 0 Å². The second-order valence-electron chi connectivity index (χ2n) is 8.55. The summed E-state index contributed by atoms with van der Waals surface area (Å²) in [4.78, 5) is 0. The zero-order valence-electron chi connectivity index (χ0n) is 19.4. The van der Waals surface area contributed by atoms with Crippen molar-refractivity contribution in [2.75, 3.05) is 0 Å². The normalized spacial score (nSPS) is 12.6. The number of benzene rings is 1. The Hall–Kier alpha value is -0.311. The summed E-state index contributed by atoms with van der Waals surface area (Å²) in [6, 6.07) is 5.84. The summed E-state index contributed by atoms with van der Waals surface area (Å²) in [6.45, 7) is 11.5. The molecule has 1 aromatic carbocycles. The fourth-order valence-electron chi connectivity index (χ4n) is 4.49. The summed E-state index contributed by atoms with van der Waals surface area (Å²) in [6.07, 6.45) is 14.8. The monoisotopic (exact) mass is 496 g/mol. The average molecular weight is 495 g/mol. The van der Waals surface area contributed by atoms with E-state index in [2.05, 4.69) is 46.8 Å². The molecule has 1 aromatic rings. The quantitative estimate of drug-likeness (QED) is 0.213. The number of unbranched alkanes of at least 4 members (excludes halogenated alkanes) is 4. The Labute approximate surface area is 179 Å². The number of hydrogen-bond acceptors (Lipinski definition) is 0. The zero-order valence-corrected chi connectivity index (χ0v) is 22.2. The summed E-state index contributed by atoms with van der Waals surface area (Å²) in [5.74, 6) is -0.0179. The molecule has 0 nitrogen and oxygen atoms in total. The van der Waals surface area contributed by atoms with E-state index in [9.17, 15) is 4.39 Å². The van der Waals surface area contributed by atoms with Gasteiger partial charge in [0.25, 0.3) is 0 Å². The summed E-state index contributed by atoms with van der Waals surface area (Å²) in [5, 5.41) is 0. The molecule has 0 aliphatic carbocycles. The summed E-state index contributed by atoms with van der Waals surface area (Å²) in [5.41, 5.74) is 2.92. The van der Waals surface area contributed by atoms with Crippen molar-refractivity contribution in [1.82, 2.24) is 0 Å². The summed E-state index contributed by atoms with van der Waals surface area (Å²) in [7, 11) is 0. The third-order valence-corrected chi connectivity index (χ3v) is 21.8. The topological polar surface area (TPSA) is 0 Å². The number of rotatable bonds is 15. The first-order chi connectivity index (χ1) is 13.6. The number of halogens is 1. The molecule has 1 rings (SSSR count). The van der Waals surface area contributed by atoms with Crippen LogP contribution in [0.2, 0.25) is 13.3 Å². The standard InChI is InChI=1S/C14H18F.3C4H9.Sn/c1-3-5-7-12(6-4-2)13-8-10-14(15)11-9-13;3*1-3-4-2;/h7-8,10-11H,3-6H2,1-2H3;3*1,3-4H2,2H3;/b12-7+;;;;. The summed E-state index contributed by atoms with van der Waals surface area (Å²) < 4.78 is 20.3. The fourth-order valence-corrected chi connectivity index (χ4v) is 21.4. The van der Waals surface area contributed by atoms with E-state index in [1.807, 2.05) is 6.07 Å². The fraction of sp³-hybridized carbons (Fsp3) is 0.692. The molecular formula is C26H45FSn. The Kier molecular flexibility index (Phi) is 13.4. The molecule has 0 heterocycles. The molecular weight excluding hydrogens is 450 g/mol. The Morgan fingerprint density at radius 1 is 0.821 bits per heavy atom. The molecule has 0 saturated heterocycles. The van der Waals surface area contributed by atoms with Crippen LogP contribution in [-0.4, -0.2) is 18.4 Å². The van der Waals surface area contributed by atoms with Crippen LogP contribution >= 0.6 is 0 Å². The van der Waals surface area contributed by atoms with Crippen molar-refractivity contribution in [1.29, 1.82) is 0 Å². The first-order valence-corrected chi connectivity index (χ1v) is 19.6. The van der Waals surface area contributed by atoms with E-state index < -0.39 is 18.4 Å². The number of hydrogen-bond donors (Lipinski definition) is 0.